The van der Waals surface area contributed by atoms with Gasteiger partial charge in [0.1, 0.15) is 6.54 Å². The number of nitrogens with zero attached hydrogens (tertiary/aromatic N) is 3. The summed E-state index contributed by atoms with van der Waals surface area (Å²) in [6.45, 7) is 4.59. The molecule has 0 bridgehead atoms. The zero-order valence-electron chi connectivity index (χ0n) is 18.1. The molecule has 0 spiro atoms. The number of pyridine rings is 1. The number of nitrogens with one attached hydrogen (secondary N) is 1. The van der Waals surface area contributed by atoms with Crippen LogP contribution in [-0.2, 0) is 24.8 Å². The van der Waals surface area contributed by atoms with E-state index < -0.39 is 0 Å². The highest BCUT2D eigenvalue weighted by Crippen LogP contribution is 2.24. The summed E-state index contributed by atoms with van der Waals surface area (Å²) < 4.78 is 2.98. The van der Waals surface area contributed by atoms with Gasteiger partial charge in [0.25, 0.3) is 0 Å². The third-order valence-corrected chi connectivity index (χ3v) is 5.42. The van der Waals surface area contributed by atoms with E-state index in [1.54, 1.807) is 17.8 Å². The number of benzene rings is 2. The van der Waals surface area contributed by atoms with Crippen LogP contribution in [0.4, 0.5) is 0 Å². The van der Waals surface area contributed by atoms with E-state index in [4.69, 9.17) is 0 Å². The first-order valence-electron chi connectivity index (χ1n) is 10.4. The Kier molecular flexibility index (Phi) is 5.71. The molecule has 6 heteroatoms. The van der Waals surface area contributed by atoms with Gasteiger partial charge in [0.15, 0.2) is 5.65 Å². The number of aromatic nitrogens is 3. The van der Waals surface area contributed by atoms with Crippen molar-refractivity contribution in [3.63, 3.8) is 0 Å². The number of hydrogen-bond acceptors (Lipinski definition) is 3. The summed E-state index contributed by atoms with van der Waals surface area (Å²) in [6.07, 6.45) is 2.51. The van der Waals surface area contributed by atoms with Crippen molar-refractivity contribution in [2.45, 2.75) is 26.8 Å². The molecule has 0 saturated heterocycles. The molecule has 1 N–H and O–H groups in total. The molecule has 0 aliphatic rings. The second-order valence-corrected chi connectivity index (χ2v) is 7.96. The van der Waals surface area contributed by atoms with Crippen LogP contribution in [0, 0.1) is 13.8 Å². The van der Waals surface area contributed by atoms with Crippen LogP contribution in [0.15, 0.2) is 65.6 Å². The minimum atomic E-state index is -0.252. The minimum Gasteiger partial charge on any atom is -0.354 e. The maximum atomic E-state index is 12.8. The third-order valence-electron chi connectivity index (χ3n) is 5.42. The van der Waals surface area contributed by atoms with Crippen molar-refractivity contribution < 1.29 is 4.79 Å². The van der Waals surface area contributed by atoms with Gasteiger partial charge in [-0.05, 0) is 37.5 Å². The summed E-state index contributed by atoms with van der Waals surface area (Å²) in [6, 6.07) is 18.3. The van der Waals surface area contributed by atoms with E-state index in [0.717, 1.165) is 23.1 Å². The van der Waals surface area contributed by atoms with Crippen LogP contribution >= 0.6 is 0 Å². The number of amides is 1. The average molecular weight is 415 g/mol. The number of carbonyl (C=O) groups excluding carboxylic acids is 1. The Balaban J connectivity index is 1.55. The van der Waals surface area contributed by atoms with E-state index in [2.05, 4.69) is 42.3 Å². The van der Waals surface area contributed by atoms with Crippen LogP contribution in [0.1, 0.15) is 16.7 Å². The Bertz CT molecular complexity index is 1280. The highest BCUT2D eigenvalue weighted by molar-refractivity contribution is 5.82. The van der Waals surface area contributed by atoms with E-state index >= 15 is 0 Å². The van der Waals surface area contributed by atoms with Gasteiger partial charge in [-0.2, -0.15) is 0 Å². The predicted octanol–water partition coefficient (Wildman–Crippen LogP) is 3.38. The van der Waals surface area contributed by atoms with Gasteiger partial charge in [0, 0.05) is 25.4 Å². The molecule has 4 aromatic rings. The summed E-state index contributed by atoms with van der Waals surface area (Å²) >= 11 is 0. The van der Waals surface area contributed by atoms with Gasteiger partial charge in [-0.15, -0.1) is 0 Å². The fourth-order valence-electron chi connectivity index (χ4n) is 3.91. The molecule has 6 nitrogen and oxygen atoms in total. The van der Waals surface area contributed by atoms with E-state index in [9.17, 15) is 9.59 Å². The monoisotopic (exact) mass is 414 g/mol. The molecule has 0 unspecified atom stereocenters. The number of carbonyl (C=O) groups is 1. The van der Waals surface area contributed by atoms with Crippen molar-refractivity contribution in [1.29, 1.82) is 0 Å². The molecular formula is C25H26N4O2. The van der Waals surface area contributed by atoms with Gasteiger partial charge in [-0.25, -0.2) is 9.78 Å². The first kappa shape index (κ1) is 20.6. The van der Waals surface area contributed by atoms with Gasteiger partial charge in [0.05, 0.1) is 5.52 Å². The molecule has 1 amide bonds. The SMILES string of the molecule is Cc1cc(C)cc(-c2cnc3c(c2)n(C)c(=O)n3CC(=O)NCCc2ccccc2)c1. The first-order chi connectivity index (χ1) is 14.9. The molecule has 4 rings (SSSR count). The van der Waals surface area contributed by atoms with Crippen molar-refractivity contribution in [2.75, 3.05) is 6.54 Å². The maximum absolute atomic E-state index is 12.8. The lowest BCUT2D eigenvalue weighted by Gasteiger charge is -2.07. The van der Waals surface area contributed by atoms with Crippen molar-refractivity contribution in [3.8, 4) is 11.1 Å². The van der Waals surface area contributed by atoms with Crippen molar-refractivity contribution in [2.24, 2.45) is 7.05 Å². The van der Waals surface area contributed by atoms with E-state index in [1.165, 1.54) is 15.7 Å². The maximum Gasteiger partial charge on any atom is 0.330 e. The van der Waals surface area contributed by atoms with Crippen LogP contribution in [0.5, 0.6) is 0 Å². The second kappa shape index (κ2) is 8.60. The van der Waals surface area contributed by atoms with Crippen LogP contribution in [-0.4, -0.2) is 26.6 Å². The van der Waals surface area contributed by atoms with Crippen LogP contribution in [0.3, 0.4) is 0 Å². The fourth-order valence-corrected chi connectivity index (χ4v) is 3.91. The Morgan fingerprint density at radius 1 is 1.00 bits per heavy atom. The second-order valence-electron chi connectivity index (χ2n) is 7.96. The molecule has 0 fully saturated rings. The Morgan fingerprint density at radius 2 is 1.71 bits per heavy atom. The van der Waals surface area contributed by atoms with Gasteiger partial charge in [-0.3, -0.25) is 13.9 Å². The van der Waals surface area contributed by atoms with Crippen LogP contribution in [0.2, 0.25) is 0 Å². The molecule has 0 atom stereocenters. The van der Waals surface area contributed by atoms with Gasteiger partial charge < -0.3 is 5.32 Å². The van der Waals surface area contributed by atoms with Crippen molar-refractivity contribution in [3.05, 3.63) is 88.0 Å². The van der Waals surface area contributed by atoms with Crippen LogP contribution in [0.25, 0.3) is 22.3 Å². The third kappa shape index (κ3) is 4.43. The molecular weight excluding hydrogens is 388 g/mol. The lowest BCUT2D eigenvalue weighted by atomic mass is 10.0. The molecule has 2 aromatic heterocycles. The van der Waals surface area contributed by atoms with E-state index in [0.29, 0.717) is 17.7 Å². The number of imidazole rings is 1. The van der Waals surface area contributed by atoms with Gasteiger partial charge in [-0.1, -0.05) is 59.7 Å². The molecule has 0 aliphatic heterocycles. The molecule has 0 saturated carbocycles. The van der Waals surface area contributed by atoms with Gasteiger partial charge >= 0.3 is 5.69 Å². The molecule has 31 heavy (non-hydrogen) atoms. The van der Waals surface area contributed by atoms with Gasteiger partial charge in [0.2, 0.25) is 5.91 Å². The summed E-state index contributed by atoms with van der Waals surface area (Å²) in [5, 5.41) is 2.89. The average Bonchev–Trinajstić information content (AvgIpc) is 2.98. The highest BCUT2D eigenvalue weighted by Gasteiger charge is 2.16. The molecule has 2 aromatic carbocycles. The lowest BCUT2D eigenvalue weighted by molar-refractivity contribution is -0.121. The number of hydrogen-bond donors (Lipinski definition) is 1. The number of aryl methyl sites for hydroxylation is 3. The van der Waals surface area contributed by atoms with Crippen molar-refractivity contribution >= 4 is 17.1 Å². The van der Waals surface area contributed by atoms with Crippen molar-refractivity contribution in [1.82, 2.24) is 19.4 Å². The minimum absolute atomic E-state index is 0.0547. The van der Waals surface area contributed by atoms with E-state index in [-0.39, 0.29) is 18.1 Å². The predicted molar refractivity (Wildman–Crippen MR) is 123 cm³/mol. The van der Waals surface area contributed by atoms with Crippen LogP contribution < -0.4 is 11.0 Å². The summed E-state index contributed by atoms with van der Waals surface area (Å²) in [5.41, 5.74) is 6.48. The Morgan fingerprint density at radius 3 is 2.42 bits per heavy atom. The zero-order chi connectivity index (χ0) is 22.0. The quantitative estimate of drug-likeness (QED) is 0.526. The summed E-state index contributed by atoms with van der Waals surface area (Å²) in [7, 11) is 1.71. The largest absolute Gasteiger partial charge is 0.354 e. The molecule has 0 radical (unpaired) electrons. The zero-order valence-corrected chi connectivity index (χ0v) is 18.1. The highest BCUT2D eigenvalue weighted by atomic mass is 16.2. The number of fused-ring (bicyclic) bond motifs is 1. The summed E-state index contributed by atoms with van der Waals surface area (Å²) in [5.74, 6) is -0.203. The fraction of sp³-hybridized carbons (Fsp3) is 0.240. The Hall–Kier alpha value is -3.67. The first-order valence-corrected chi connectivity index (χ1v) is 10.4. The lowest BCUT2D eigenvalue weighted by Crippen LogP contribution is -2.33. The molecule has 2 heterocycles. The standard InChI is InChI=1S/C25H26N4O2/c1-17-11-18(2)13-20(12-17)21-14-22-24(27-15-21)29(25(31)28(22)3)16-23(30)26-10-9-19-7-5-4-6-8-19/h4-8,11-15H,9-10,16H2,1-3H3,(H,26,30). The number of rotatable bonds is 6. The normalized spacial score (nSPS) is 11.1. The Labute approximate surface area is 181 Å². The van der Waals surface area contributed by atoms with E-state index in [1.807, 2.05) is 36.4 Å². The smallest absolute Gasteiger partial charge is 0.330 e. The topological polar surface area (TPSA) is 68.9 Å². The molecule has 158 valence electrons. The molecule has 0 aliphatic carbocycles. The summed E-state index contributed by atoms with van der Waals surface area (Å²) in [4.78, 5) is 29.8.